The van der Waals surface area contributed by atoms with Gasteiger partial charge in [-0.15, -0.1) is 0 Å². The lowest BCUT2D eigenvalue weighted by atomic mass is 10.1. The topological polar surface area (TPSA) is 76.6 Å². The average Bonchev–Trinajstić information content (AvgIpc) is 2.71. The van der Waals surface area contributed by atoms with Crippen molar-refractivity contribution in [2.45, 2.75) is 38.7 Å². The molecule has 1 aliphatic heterocycles. The summed E-state index contributed by atoms with van der Waals surface area (Å²) in [7, 11) is 0. The molecule has 27 heavy (non-hydrogen) atoms. The summed E-state index contributed by atoms with van der Waals surface area (Å²) in [5.74, 6) is 1.35. The molecule has 7 heteroatoms. The number of carbonyl (C=O) groups excluding carboxylic acids is 1. The number of aromatic nitrogens is 2. The first-order chi connectivity index (χ1) is 13.2. The third-order valence-electron chi connectivity index (χ3n) is 4.43. The number of likely N-dealkylation sites (tertiary alicyclic amines) is 1. The van der Waals surface area contributed by atoms with Crippen LogP contribution in [0.25, 0.3) is 0 Å². The van der Waals surface area contributed by atoms with Crippen LogP contribution in [0.1, 0.15) is 32.6 Å². The Labute approximate surface area is 159 Å². The number of hydrogen-bond acceptors (Lipinski definition) is 5. The van der Waals surface area contributed by atoms with E-state index in [4.69, 9.17) is 9.47 Å². The van der Waals surface area contributed by atoms with E-state index in [-0.39, 0.29) is 12.1 Å². The summed E-state index contributed by atoms with van der Waals surface area (Å²) in [6, 6.07) is 7.40. The minimum Gasteiger partial charge on any atom is -0.494 e. The third-order valence-corrected chi connectivity index (χ3v) is 4.43. The van der Waals surface area contributed by atoms with Gasteiger partial charge in [0, 0.05) is 44.0 Å². The zero-order chi connectivity index (χ0) is 18.9. The number of urea groups is 1. The van der Waals surface area contributed by atoms with Crippen LogP contribution in [0.3, 0.4) is 0 Å². The van der Waals surface area contributed by atoms with Crippen molar-refractivity contribution in [3.63, 3.8) is 0 Å². The van der Waals surface area contributed by atoms with Crippen LogP contribution in [-0.4, -0.2) is 46.7 Å². The van der Waals surface area contributed by atoms with Crippen molar-refractivity contribution in [1.29, 1.82) is 0 Å². The summed E-state index contributed by atoms with van der Waals surface area (Å²) in [5, 5.41) is 2.94. The zero-order valence-electron chi connectivity index (χ0n) is 15.6. The molecule has 3 rings (SSSR count). The highest BCUT2D eigenvalue weighted by molar-refractivity contribution is 5.89. The zero-order valence-corrected chi connectivity index (χ0v) is 15.6. The Hall–Kier alpha value is -2.83. The van der Waals surface area contributed by atoms with E-state index in [0.29, 0.717) is 25.6 Å². The number of unbranched alkanes of at least 4 members (excludes halogenated alkanes) is 1. The van der Waals surface area contributed by atoms with Gasteiger partial charge in [-0.25, -0.2) is 9.78 Å². The Morgan fingerprint density at radius 3 is 2.67 bits per heavy atom. The number of hydrogen-bond donors (Lipinski definition) is 1. The van der Waals surface area contributed by atoms with Crippen LogP contribution in [0.5, 0.6) is 11.6 Å². The highest BCUT2D eigenvalue weighted by atomic mass is 16.5. The fraction of sp³-hybridized carbons (Fsp3) is 0.450. The van der Waals surface area contributed by atoms with Gasteiger partial charge in [0.15, 0.2) is 0 Å². The van der Waals surface area contributed by atoms with Crippen LogP contribution in [0.15, 0.2) is 42.9 Å². The van der Waals surface area contributed by atoms with Gasteiger partial charge in [0.2, 0.25) is 5.88 Å². The normalized spacial score (nSPS) is 14.6. The number of anilines is 1. The molecular weight excluding hydrogens is 344 g/mol. The summed E-state index contributed by atoms with van der Waals surface area (Å²) in [6.07, 6.45) is 8.58. The molecule has 0 bridgehead atoms. The maximum atomic E-state index is 12.4. The van der Waals surface area contributed by atoms with Crippen molar-refractivity contribution < 1.29 is 14.3 Å². The molecule has 2 amide bonds. The monoisotopic (exact) mass is 370 g/mol. The number of carbonyl (C=O) groups is 1. The van der Waals surface area contributed by atoms with Crippen molar-refractivity contribution in [2.75, 3.05) is 25.0 Å². The Kier molecular flexibility index (Phi) is 6.84. The molecule has 2 aromatic rings. The van der Waals surface area contributed by atoms with Gasteiger partial charge in [-0.3, -0.25) is 4.98 Å². The van der Waals surface area contributed by atoms with Crippen molar-refractivity contribution in [2.24, 2.45) is 0 Å². The number of rotatable bonds is 7. The molecule has 0 unspecified atom stereocenters. The first-order valence-electron chi connectivity index (χ1n) is 9.46. The van der Waals surface area contributed by atoms with Crippen LogP contribution >= 0.6 is 0 Å². The van der Waals surface area contributed by atoms with Crippen molar-refractivity contribution >= 4 is 11.7 Å². The SMILES string of the molecule is CCCCOc1ccc(NC(=O)N2CCC(Oc3cnccn3)CC2)cc1. The summed E-state index contributed by atoms with van der Waals surface area (Å²) in [6.45, 7) is 4.14. The Balaban J connectivity index is 1.42. The Morgan fingerprint density at radius 1 is 1.22 bits per heavy atom. The van der Waals surface area contributed by atoms with Crippen LogP contribution in [0.4, 0.5) is 10.5 Å². The first kappa shape index (κ1) is 18.9. The van der Waals surface area contributed by atoms with E-state index in [9.17, 15) is 4.79 Å². The maximum Gasteiger partial charge on any atom is 0.321 e. The number of piperidine rings is 1. The predicted molar refractivity (Wildman–Crippen MR) is 103 cm³/mol. The molecule has 1 N–H and O–H groups in total. The predicted octanol–water partition coefficient (Wildman–Crippen LogP) is 3.73. The van der Waals surface area contributed by atoms with E-state index in [1.54, 1.807) is 18.6 Å². The number of benzene rings is 1. The molecule has 0 atom stereocenters. The van der Waals surface area contributed by atoms with Gasteiger partial charge in [-0.2, -0.15) is 0 Å². The fourth-order valence-corrected chi connectivity index (χ4v) is 2.87. The molecule has 0 spiro atoms. The van der Waals surface area contributed by atoms with Gasteiger partial charge in [0.05, 0.1) is 12.8 Å². The van der Waals surface area contributed by atoms with E-state index in [1.807, 2.05) is 29.2 Å². The van der Waals surface area contributed by atoms with Gasteiger partial charge in [0.25, 0.3) is 0 Å². The Bertz CT molecular complexity index is 701. The van der Waals surface area contributed by atoms with Crippen LogP contribution in [0.2, 0.25) is 0 Å². The fourth-order valence-electron chi connectivity index (χ4n) is 2.87. The summed E-state index contributed by atoms with van der Waals surface area (Å²) < 4.78 is 11.4. The molecule has 0 aliphatic carbocycles. The molecular formula is C20H26N4O3. The molecule has 2 heterocycles. The number of nitrogens with one attached hydrogen (secondary N) is 1. The maximum absolute atomic E-state index is 12.4. The molecule has 1 fully saturated rings. The second-order valence-corrected chi connectivity index (χ2v) is 6.50. The average molecular weight is 370 g/mol. The molecule has 0 saturated carbocycles. The van der Waals surface area contributed by atoms with Gasteiger partial charge in [0.1, 0.15) is 11.9 Å². The van der Waals surface area contributed by atoms with Crippen molar-refractivity contribution in [3.05, 3.63) is 42.9 Å². The summed E-state index contributed by atoms with van der Waals surface area (Å²) in [5.41, 5.74) is 0.765. The van der Waals surface area contributed by atoms with Crippen molar-refractivity contribution in [3.8, 4) is 11.6 Å². The second-order valence-electron chi connectivity index (χ2n) is 6.50. The molecule has 1 saturated heterocycles. The lowest BCUT2D eigenvalue weighted by molar-refractivity contribution is 0.111. The van der Waals surface area contributed by atoms with Crippen LogP contribution in [-0.2, 0) is 0 Å². The van der Waals surface area contributed by atoms with Gasteiger partial charge in [-0.05, 0) is 30.7 Å². The molecule has 7 nitrogen and oxygen atoms in total. The smallest absolute Gasteiger partial charge is 0.321 e. The largest absolute Gasteiger partial charge is 0.494 e. The third kappa shape index (κ3) is 5.84. The summed E-state index contributed by atoms with van der Waals surface area (Å²) >= 11 is 0. The van der Waals surface area contributed by atoms with E-state index >= 15 is 0 Å². The molecule has 0 radical (unpaired) electrons. The summed E-state index contributed by atoms with van der Waals surface area (Å²) in [4.78, 5) is 22.4. The van der Waals surface area contributed by atoms with E-state index in [2.05, 4.69) is 22.2 Å². The standard InChI is InChI=1S/C20H26N4O3/c1-2-3-14-26-17-6-4-16(5-7-17)23-20(25)24-12-8-18(9-13-24)27-19-15-21-10-11-22-19/h4-7,10-11,15,18H,2-3,8-9,12-14H2,1H3,(H,23,25). The first-order valence-corrected chi connectivity index (χ1v) is 9.46. The number of amides is 2. The van der Waals surface area contributed by atoms with E-state index in [0.717, 1.165) is 37.1 Å². The van der Waals surface area contributed by atoms with Gasteiger partial charge < -0.3 is 19.7 Å². The minimum absolute atomic E-state index is 0.0605. The highest BCUT2D eigenvalue weighted by Gasteiger charge is 2.24. The van der Waals surface area contributed by atoms with Gasteiger partial charge >= 0.3 is 6.03 Å². The van der Waals surface area contributed by atoms with Crippen LogP contribution < -0.4 is 14.8 Å². The molecule has 1 aromatic heterocycles. The van der Waals surface area contributed by atoms with E-state index in [1.165, 1.54) is 0 Å². The second kappa shape index (κ2) is 9.75. The van der Waals surface area contributed by atoms with Crippen molar-refractivity contribution in [1.82, 2.24) is 14.9 Å². The highest BCUT2D eigenvalue weighted by Crippen LogP contribution is 2.19. The molecule has 1 aromatic carbocycles. The number of ether oxygens (including phenoxy) is 2. The van der Waals surface area contributed by atoms with Gasteiger partial charge in [-0.1, -0.05) is 13.3 Å². The molecule has 1 aliphatic rings. The lowest BCUT2D eigenvalue weighted by Crippen LogP contribution is -2.43. The minimum atomic E-state index is -0.0902. The van der Waals surface area contributed by atoms with E-state index < -0.39 is 0 Å². The lowest BCUT2D eigenvalue weighted by Gasteiger charge is -2.31. The number of nitrogens with zero attached hydrogens (tertiary/aromatic N) is 3. The quantitative estimate of drug-likeness (QED) is 0.752. The Morgan fingerprint density at radius 2 is 2.00 bits per heavy atom. The molecule has 144 valence electrons. The van der Waals surface area contributed by atoms with Crippen LogP contribution in [0, 0.1) is 0 Å².